The maximum atomic E-state index is 9.48. The zero-order chi connectivity index (χ0) is 11.4. The molecule has 0 heterocycles. The van der Waals surface area contributed by atoms with Crippen molar-refractivity contribution in [2.24, 2.45) is 0 Å². The molecule has 0 bridgehead atoms. The summed E-state index contributed by atoms with van der Waals surface area (Å²) in [5, 5.41) is 12.6. The Bertz CT molecular complexity index is 122. The second-order valence-electron chi connectivity index (χ2n) is 3.63. The second-order valence-corrected chi connectivity index (χ2v) is 3.63. The van der Waals surface area contributed by atoms with Gasteiger partial charge in [0.1, 0.15) is 0 Å². The van der Waals surface area contributed by atoms with Crippen molar-refractivity contribution in [2.75, 3.05) is 40.0 Å². The number of aliphatic hydroxyl groups excluding tert-OH is 1. The molecule has 0 saturated heterocycles. The first kappa shape index (κ1) is 14.8. The van der Waals surface area contributed by atoms with Crippen LogP contribution in [0, 0.1) is 0 Å². The van der Waals surface area contributed by atoms with Crippen molar-refractivity contribution < 1.29 is 14.6 Å². The molecule has 1 unspecified atom stereocenters. The lowest BCUT2D eigenvalue weighted by Crippen LogP contribution is -2.32. The molecule has 0 aromatic carbocycles. The summed E-state index contributed by atoms with van der Waals surface area (Å²) in [5.41, 5.74) is 0. The molecule has 2 N–H and O–H groups in total. The molecule has 0 aliphatic rings. The number of aliphatic hydroxyl groups is 1. The standard InChI is InChI=1S/C11H25NO3/c1-3-4-5-7-15-10-11(13)9-12-6-8-14-2/h11-13H,3-10H2,1-2H3. The predicted octanol–water partition coefficient (Wildman–Crippen LogP) is 0.790. The molecule has 0 amide bonds. The fraction of sp³-hybridized carbons (Fsp3) is 1.00. The number of hydrogen-bond donors (Lipinski definition) is 2. The van der Waals surface area contributed by atoms with Crippen LogP contribution in [0.4, 0.5) is 0 Å². The van der Waals surface area contributed by atoms with Crippen molar-refractivity contribution in [1.29, 1.82) is 0 Å². The summed E-state index contributed by atoms with van der Waals surface area (Å²) in [7, 11) is 1.66. The molecule has 0 aromatic heterocycles. The van der Waals surface area contributed by atoms with Crippen molar-refractivity contribution >= 4 is 0 Å². The van der Waals surface area contributed by atoms with Crippen LogP contribution >= 0.6 is 0 Å². The van der Waals surface area contributed by atoms with E-state index >= 15 is 0 Å². The highest BCUT2D eigenvalue weighted by atomic mass is 16.5. The Hall–Kier alpha value is -0.160. The summed E-state index contributed by atoms with van der Waals surface area (Å²) >= 11 is 0. The fourth-order valence-electron chi connectivity index (χ4n) is 1.18. The fourth-order valence-corrected chi connectivity index (χ4v) is 1.18. The highest BCUT2D eigenvalue weighted by Crippen LogP contribution is 1.94. The van der Waals surface area contributed by atoms with E-state index in [0.29, 0.717) is 19.8 Å². The van der Waals surface area contributed by atoms with Crippen LogP contribution in [0.5, 0.6) is 0 Å². The lowest BCUT2D eigenvalue weighted by Gasteiger charge is -2.11. The van der Waals surface area contributed by atoms with Gasteiger partial charge in [-0.3, -0.25) is 0 Å². The summed E-state index contributed by atoms with van der Waals surface area (Å²) in [4.78, 5) is 0. The van der Waals surface area contributed by atoms with Gasteiger partial charge in [-0.25, -0.2) is 0 Å². The lowest BCUT2D eigenvalue weighted by molar-refractivity contribution is 0.0348. The molecule has 1 atom stereocenters. The number of ether oxygens (including phenoxy) is 2. The zero-order valence-electron chi connectivity index (χ0n) is 10.00. The van der Waals surface area contributed by atoms with Crippen LogP contribution in [-0.2, 0) is 9.47 Å². The number of nitrogens with one attached hydrogen (secondary N) is 1. The topological polar surface area (TPSA) is 50.7 Å². The Kier molecular flexibility index (Phi) is 11.8. The van der Waals surface area contributed by atoms with E-state index in [9.17, 15) is 5.11 Å². The van der Waals surface area contributed by atoms with Crippen molar-refractivity contribution in [2.45, 2.75) is 32.3 Å². The average molecular weight is 219 g/mol. The molecule has 0 fully saturated rings. The van der Waals surface area contributed by atoms with Crippen LogP contribution in [0.25, 0.3) is 0 Å². The van der Waals surface area contributed by atoms with E-state index in [1.165, 1.54) is 12.8 Å². The Morgan fingerprint density at radius 2 is 2.07 bits per heavy atom. The molecular weight excluding hydrogens is 194 g/mol. The third-order valence-corrected chi connectivity index (χ3v) is 2.07. The van der Waals surface area contributed by atoms with Gasteiger partial charge in [0.2, 0.25) is 0 Å². The van der Waals surface area contributed by atoms with Crippen LogP contribution < -0.4 is 5.32 Å². The maximum Gasteiger partial charge on any atom is 0.0897 e. The van der Waals surface area contributed by atoms with Crippen molar-refractivity contribution in [3.63, 3.8) is 0 Å². The summed E-state index contributed by atoms with van der Waals surface area (Å²) < 4.78 is 10.2. The summed E-state index contributed by atoms with van der Waals surface area (Å²) in [6.45, 7) is 5.34. The van der Waals surface area contributed by atoms with E-state index in [2.05, 4.69) is 12.2 Å². The molecule has 0 aliphatic carbocycles. The highest BCUT2D eigenvalue weighted by Gasteiger charge is 2.02. The lowest BCUT2D eigenvalue weighted by atomic mass is 10.3. The first-order chi connectivity index (χ1) is 7.31. The molecule has 4 heteroatoms. The van der Waals surface area contributed by atoms with E-state index in [1.54, 1.807) is 7.11 Å². The minimum absolute atomic E-state index is 0.413. The van der Waals surface area contributed by atoms with Gasteiger partial charge in [0, 0.05) is 26.8 Å². The smallest absolute Gasteiger partial charge is 0.0897 e. The highest BCUT2D eigenvalue weighted by molar-refractivity contribution is 4.57. The van der Waals surface area contributed by atoms with Gasteiger partial charge in [0.25, 0.3) is 0 Å². The third kappa shape index (κ3) is 11.8. The van der Waals surface area contributed by atoms with Gasteiger partial charge in [0.15, 0.2) is 0 Å². The quantitative estimate of drug-likeness (QED) is 0.504. The number of rotatable bonds is 11. The van der Waals surface area contributed by atoms with Gasteiger partial charge < -0.3 is 19.9 Å². The molecule has 0 radical (unpaired) electrons. The molecule has 0 spiro atoms. The molecule has 0 aromatic rings. The summed E-state index contributed by atoms with van der Waals surface area (Å²) in [6.07, 6.45) is 3.07. The van der Waals surface area contributed by atoms with Crippen LogP contribution in [0.15, 0.2) is 0 Å². The first-order valence-corrected chi connectivity index (χ1v) is 5.76. The van der Waals surface area contributed by atoms with Crippen LogP contribution in [0.1, 0.15) is 26.2 Å². The minimum atomic E-state index is -0.413. The summed E-state index contributed by atoms with van der Waals surface area (Å²) in [5.74, 6) is 0. The molecule has 0 aliphatic heterocycles. The predicted molar refractivity (Wildman–Crippen MR) is 61.1 cm³/mol. The Balaban J connectivity index is 3.08. The van der Waals surface area contributed by atoms with Gasteiger partial charge in [-0.15, -0.1) is 0 Å². The monoisotopic (exact) mass is 219 g/mol. The van der Waals surface area contributed by atoms with E-state index in [4.69, 9.17) is 9.47 Å². The van der Waals surface area contributed by atoms with E-state index < -0.39 is 6.10 Å². The molecular formula is C11H25NO3. The maximum absolute atomic E-state index is 9.48. The first-order valence-electron chi connectivity index (χ1n) is 5.76. The normalized spacial score (nSPS) is 13.0. The Morgan fingerprint density at radius 1 is 1.27 bits per heavy atom. The van der Waals surface area contributed by atoms with E-state index in [0.717, 1.165) is 19.6 Å². The van der Waals surface area contributed by atoms with Gasteiger partial charge in [0.05, 0.1) is 19.3 Å². The van der Waals surface area contributed by atoms with Gasteiger partial charge in [-0.2, -0.15) is 0 Å². The van der Waals surface area contributed by atoms with Crippen LogP contribution in [0.3, 0.4) is 0 Å². The van der Waals surface area contributed by atoms with E-state index in [1.807, 2.05) is 0 Å². The summed E-state index contributed by atoms with van der Waals surface area (Å²) in [6, 6.07) is 0. The molecule has 15 heavy (non-hydrogen) atoms. The molecule has 0 saturated carbocycles. The number of methoxy groups -OCH3 is 1. The number of unbranched alkanes of at least 4 members (excludes halogenated alkanes) is 2. The molecule has 0 rings (SSSR count). The minimum Gasteiger partial charge on any atom is -0.389 e. The van der Waals surface area contributed by atoms with E-state index in [-0.39, 0.29) is 0 Å². The largest absolute Gasteiger partial charge is 0.389 e. The van der Waals surface area contributed by atoms with Gasteiger partial charge in [-0.1, -0.05) is 19.8 Å². The average Bonchev–Trinajstić information content (AvgIpc) is 2.24. The van der Waals surface area contributed by atoms with Crippen molar-refractivity contribution in [1.82, 2.24) is 5.32 Å². The van der Waals surface area contributed by atoms with Crippen LogP contribution in [-0.4, -0.2) is 51.2 Å². The van der Waals surface area contributed by atoms with Gasteiger partial charge >= 0.3 is 0 Å². The Morgan fingerprint density at radius 3 is 2.73 bits per heavy atom. The zero-order valence-corrected chi connectivity index (χ0v) is 10.00. The van der Waals surface area contributed by atoms with Crippen LogP contribution in [0.2, 0.25) is 0 Å². The van der Waals surface area contributed by atoms with Crippen molar-refractivity contribution in [3.05, 3.63) is 0 Å². The Labute approximate surface area is 93.0 Å². The SMILES string of the molecule is CCCCCOCC(O)CNCCOC. The third-order valence-electron chi connectivity index (χ3n) is 2.07. The number of hydrogen-bond acceptors (Lipinski definition) is 4. The molecule has 4 nitrogen and oxygen atoms in total. The van der Waals surface area contributed by atoms with Gasteiger partial charge in [-0.05, 0) is 6.42 Å². The molecule has 92 valence electrons. The van der Waals surface area contributed by atoms with Crippen molar-refractivity contribution in [3.8, 4) is 0 Å². The second kappa shape index (κ2) is 11.9.